The van der Waals surface area contributed by atoms with Crippen molar-refractivity contribution in [1.29, 1.82) is 0 Å². The Morgan fingerprint density at radius 2 is 1.95 bits per heavy atom. The van der Waals surface area contributed by atoms with Gasteiger partial charge in [-0.2, -0.15) is 0 Å². The summed E-state index contributed by atoms with van der Waals surface area (Å²) in [5.74, 6) is 2.39. The molecule has 1 aromatic carbocycles. The average Bonchev–Trinajstić information content (AvgIpc) is 2.96. The monoisotopic (exact) mass is 415 g/mol. The number of hydrogen-bond acceptors (Lipinski definition) is 4. The van der Waals surface area contributed by atoms with Gasteiger partial charge in [0.2, 0.25) is 0 Å². The minimum absolute atomic E-state index is 0.260. The van der Waals surface area contributed by atoms with Gasteiger partial charge >= 0.3 is 137 Å². The van der Waals surface area contributed by atoms with Gasteiger partial charge in [0.25, 0.3) is 0 Å². The molecule has 1 fully saturated rings. The standard InChI is InChI=1S/C14H14BrN3SSe/c15-11-3-1-10(2-4-11)13-9-20-14(16-13)18-17-12-5-7-19-8-6-12/h1-4,9H,5-8H2,(H,16,18). The van der Waals surface area contributed by atoms with Crippen molar-refractivity contribution < 1.29 is 0 Å². The molecule has 1 aromatic heterocycles. The van der Waals surface area contributed by atoms with Crippen LogP contribution in [0.1, 0.15) is 12.8 Å². The molecular weight excluding hydrogens is 401 g/mol. The van der Waals surface area contributed by atoms with Crippen molar-refractivity contribution in [1.82, 2.24) is 4.98 Å². The van der Waals surface area contributed by atoms with E-state index >= 15 is 0 Å². The fourth-order valence-corrected chi connectivity index (χ4v) is 4.54. The van der Waals surface area contributed by atoms with Crippen LogP contribution in [0, 0.1) is 0 Å². The van der Waals surface area contributed by atoms with Crippen molar-refractivity contribution in [3.8, 4) is 11.3 Å². The van der Waals surface area contributed by atoms with E-state index in [4.69, 9.17) is 0 Å². The summed E-state index contributed by atoms with van der Waals surface area (Å²) in [6, 6.07) is 8.26. The normalized spacial score (nSPS) is 15.2. The van der Waals surface area contributed by atoms with E-state index in [9.17, 15) is 0 Å². The Hall–Kier alpha value is -0.551. The molecule has 104 valence electrons. The van der Waals surface area contributed by atoms with Gasteiger partial charge in [0.1, 0.15) is 0 Å². The molecule has 0 radical (unpaired) electrons. The number of benzene rings is 1. The second-order valence-corrected chi connectivity index (χ2v) is 8.39. The number of nitrogens with zero attached hydrogens (tertiary/aromatic N) is 2. The van der Waals surface area contributed by atoms with Gasteiger partial charge in [-0.1, -0.05) is 0 Å². The van der Waals surface area contributed by atoms with Crippen LogP contribution in [0.5, 0.6) is 0 Å². The molecule has 0 bridgehead atoms. The van der Waals surface area contributed by atoms with E-state index in [1.807, 2.05) is 23.9 Å². The number of anilines is 1. The van der Waals surface area contributed by atoms with E-state index in [1.165, 1.54) is 17.2 Å². The Morgan fingerprint density at radius 1 is 1.20 bits per heavy atom. The van der Waals surface area contributed by atoms with E-state index in [0.717, 1.165) is 33.3 Å². The Bertz CT molecular complexity index is 601. The number of thioether (sulfide) groups is 1. The predicted molar refractivity (Wildman–Crippen MR) is 91.9 cm³/mol. The summed E-state index contributed by atoms with van der Waals surface area (Å²) in [4.78, 5) is 6.84. The van der Waals surface area contributed by atoms with Gasteiger partial charge in [0, 0.05) is 0 Å². The fraction of sp³-hybridized carbons (Fsp3) is 0.286. The first-order valence-corrected chi connectivity index (χ1v) is 10.2. The second kappa shape index (κ2) is 6.94. The van der Waals surface area contributed by atoms with Gasteiger partial charge < -0.3 is 0 Å². The van der Waals surface area contributed by atoms with E-state index in [1.54, 1.807) is 0 Å². The summed E-state index contributed by atoms with van der Waals surface area (Å²) in [5, 5.41) is 4.50. The van der Waals surface area contributed by atoms with Crippen molar-refractivity contribution in [2.24, 2.45) is 5.10 Å². The zero-order valence-electron chi connectivity index (χ0n) is 10.8. The molecule has 0 saturated carbocycles. The molecule has 0 amide bonds. The third-order valence-corrected chi connectivity index (χ3v) is 6.11. The number of hydrogen-bond donors (Lipinski definition) is 1. The first-order chi connectivity index (χ1) is 9.81. The van der Waals surface area contributed by atoms with Crippen LogP contribution in [0.15, 0.2) is 38.8 Å². The van der Waals surface area contributed by atoms with Crippen molar-refractivity contribution in [2.45, 2.75) is 12.8 Å². The third kappa shape index (κ3) is 3.76. The van der Waals surface area contributed by atoms with Gasteiger partial charge in [-0.25, -0.2) is 0 Å². The van der Waals surface area contributed by atoms with Gasteiger partial charge in [-0.3, -0.25) is 0 Å². The number of nitrogens with one attached hydrogen (secondary N) is 1. The molecule has 3 rings (SSSR count). The van der Waals surface area contributed by atoms with Crippen LogP contribution in [0.25, 0.3) is 11.3 Å². The summed E-state index contributed by atoms with van der Waals surface area (Å²) in [7, 11) is 0. The summed E-state index contributed by atoms with van der Waals surface area (Å²) in [5.41, 5.74) is 6.65. The van der Waals surface area contributed by atoms with Crippen molar-refractivity contribution in [3.63, 3.8) is 0 Å². The first kappa shape index (κ1) is 14.4. The number of rotatable bonds is 3. The molecule has 2 aromatic rings. The Balaban J connectivity index is 1.68. The van der Waals surface area contributed by atoms with Crippen molar-refractivity contribution in [3.05, 3.63) is 33.7 Å². The number of aromatic nitrogens is 1. The van der Waals surface area contributed by atoms with Crippen LogP contribution in [0.2, 0.25) is 0 Å². The molecule has 0 unspecified atom stereocenters. The van der Waals surface area contributed by atoms with E-state index < -0.39 is 0 Å². The fourth-order valence-electron chi connectivity index (χ4n) is 1.92. The molecule has 2 heterocycles. The van der Waals surface area contributed by atoms with Crippen LogP contribution in [-0.2, 0) is 0 Å². The zero-order valence-corrected chi connectivity index (χ0v) is 14.9. The Labute approximate surface area is 137 Å². The molecule has 1 N–H and O–H groups in total. The van der Waals surface area contributed by atoms with Crippen LogP contribution >= 0.6 is 27.7 Å². The van der Waals surface area contributed by atoms with Crippen LogP contribution in [0.4, 0.5) is 4.69 Å². The maximum absolute atomic E-state index is 4.64. The summed E-state index contributed by atoms with van der Waals surface area (Å²) >= 11 is 5.72. The van der Waals surface area contributed by atoms with Gasteiger partial charge in [0.15, 0.2) is 0 Å². The third-order valence-electron chi connectivity index (χ3n) is 3.02. The number of halogens is 1. The second-order valence-electron chi connectivity index (χ2n) is 4.45. The van der Waals surface area contributed by atoms with Crippen LogP contribution in [-0.4, -0.2) is 36.7 Å². The van der Waals surface area contributed by atoms with E-state index in [-0.39, 0.29) is 14.5 Å². The van der Waals surface area contributed by atoms with Crippen molar-refractivity contribution in [2.75, 3.05) is 16.9 Å². The SMILES string of the molecule is Brc1ccc(-c2c[se]c(NN=C3CCSCC3)n2)cc1. The van der Waals surface area contributed by atoms with Gasteiger partial charge in [-0.15, -0.1) is 0 Å². The van der Waals surface area contributed by atoms with E-state index in [0.29, 0.717) is 0 Å². The Morgan fingerprint density at radius 3 is 2.70 bits per heavy atom. The predicted octanol–water partition coefficient (Wildman–Crippen LogP) is 3.86. The molecule has 3 nitrogen and oxygen atoms in total. The molecule has 0 spiro atoms. The molecular formula is C14H14BrN3SSe. The van der Waals surface area contributed by atoms with Gasteiger partial charge in [-0.05, 0) is 0 Å². The Kier molecular flexibility index (Phi) is 4.99. The zero-order chi connectivity index (χ0) is 13.8. The minimum atomic E-state index is 0.260. The average molecular weight is 415 g/mol. The molecule has 6 heteroatoms. The molecule has 0 atom stereocenters. The molecule has 1 saturated heterocycles. The van der Waals surface area contributed by atoms with Crippen LogP contribution < -0.4 is 5.43 Å². The summed E-state index contributed by atoms with van der Waals surface area (Å²) in [6.45, 7) is 0. The van der Waals surface area contributed by atoms with Crippen LogP contribution in [0.3, 0.4) is 0 Å². The molecule has 1 aliphatic heterocycles. The first-order valence-electron chi connectivity index (χ1n) is 6.42. The number of hydrazone groups is 1. The van der Waals surface area contributed by atoms with E-state index in [2.05, 4.69) is 48.5 Å². The molecule has 0 aliphatic carbocycles. The quantitative estimate of drug-likeness (QED) is 0.611. The topological polar surface area (TPSA) is 37.3 Å². The summed E-state index contributed by atoms with van der Waals surface area (Å²) < 4.78 is 2.09. The van der Waals surface area contributed by atoms with Gasteiger partial charge in [0.05, 0.1) is 0 Å². The molecule has 1 aliphatic rings. The van der Waals surface area contributed by atoms with Crippen molar-refractivity contribution >= 4 is 52.6 Å². The molecule has 20 heavy (non-hydrogen) atoms. The summed E-state index contributed by atoms with van der Waals surface area (Å²) in [6.07, 6.45) is 2.20. The maximum atomic E-state index is 4.64.